The van der Waals surface area contributed by atoms with Gasteiger partial charge in [-0.2, -0.15) is 24.9 Å². The first-order valence-corrected chi connectivity index (χ1v) is 8.16. The second-order valence-corrected chi connectivity index (χ2v) is 6.51. The van der Waals surface area contributed by atoms with Crippen molar-refractivity contribution in [3.05, 3.63) is 29.3 Å². The third-order valence-electron chi connectivity index (χ3n) is 3.46. The van der Waals surface area contributed by atoms with Crippen LogP contribution in [0.4, 0.5) is 18.9 Å². The lowest BCUT2D eigenvalue weighted by Crippen LogP contribution is -2.38. The minimum atomic E-state index is -4.34. The van der Waals surface area contributed by atoms with Crippen molar-refractivity contribution in [2.24, 2.45) is 0 Å². The summed E-state index contributed by atoms with van der Waals surface area (Å²) < 4.78 is 39.7. The lowest BCUT2D eigenvalue weighted by molar-refractivity contribution is -0.137. The zero-order chi connectivity index (χ0) is 14.8. The van der Waals surface area contributed by atoms with Crippen LogP contribution in [-0.4, -0.2) is 24.1 Å². The van der Waals surface area contributed by atoms with Crippen molar-refractivity contribution in [3.8, 4) is 0 Å². The fourth-order valence-corrected chi connectivity index (χ4v) is 3.70. The summed E-state index contributed by atoms with van der Waals surface area (Å²) in [6, 6.07) is 4.41. The summed E-state index contributed by atoms with van der Waals surface area (Å²) in [6.45, 7) is 3.40. The molecule has 0 saturated carbocycles. The van der Waals surface area contributed by atoms with E-state index in [0.717, 1.165) is 12.2 Å². The molecule has 1 atom stereocenters. The molecule has 0 bridgehead atoms. The van der Waals surface area contributed by atoms with Crippen molar-refractivity contribution >= 4 is 29.1 Å². The Kier molecular flexibility index (Phi) is 5.13. The van der Waals surface area contributed by atoms with Crippen LogP contribution in [0.25, 0.3) is 0 Å². The Hall–Kier alpha value is -0.550. The topological polar surface area (TPSA) is 3.24 Å². The van der Waals surface area contributed by atoms with Gasteiger partial charge in [0.1, 0.15) is 0 Å². The number of benzene rings is 1. The summed E-state index contributed by atoms with van der Waals surface area (Å²) in [7, 11) is 0. The molecule has 1 aliphatic rings. The molecule has 20 heavy (non-hydrogen) atoms. The molecular formula is C14H17ClF3NS. The van der Waals surface area contributed by atoms with Crippen molar-refractivity contribution in [2.45, 2.75) is 30.7 Å². The largest absolute Gasteiger partial charge is 0.418 e. The third-order valence-corrected chi connectivity index (χ3v) is 5.14. The SMILES string of the molecule is CCC1CN(c2ccc(CCl)cc2C(F)(F)F)CCS1. The van der Waals surface area contributed by atoms with E-state index in [0.29, 0.717) is 23.9 Å². The second-order valence-electron chi connectivity index (χ2n) is 4.83. The van der Waals surface area contributed by atoms with Gasteiger partial charge in [0.2, 0.25) is 0 Å². The van der Waals surface area contributed by atoms with E-state index in [2.05, 4.69) is 6.92 Å². The number of halogens is 4. The molecule has 1 saturated heterocycles. The molecule has 112 valence electrons. The van der Waals surface area contributed by atoms with Crippen LogP contribution in [0.3, 0.4) is 0 Å². The van der Waals surface area contributed by atoms with Gasteiger partial charge >= 0.3 is 6.18 Å². The summed E-state index contributed by atoms with van der Waals surface area (Å²) in [5.74, 6) is 0.962. The highest BCUT2D eigenvalue weighted by molar-refractivity contribution is 8.00. The van der Waals surface area contributed by atoms with Gasteiger partial charge in [0.15, 0.2) is 0 Å². The molecule has 2 rings (SSSR count). The van der Waals surface area contributed by atoms with Gasteiger partial charge in [0, 0.05) is 35.7 Å². The minimum Gasteiger partial charge on any atom is -0.369 e. The standard InChI is InChI=1S/C14H17ClF3NS/c1-2-11-9-19(5-6-20-11)13-4-3-10(8-15)7-12(13)14(16,17)18/h3-4,7,11H,2,5-6,8-9H2,1H3. The molecule has 0 aromatic heterocycles. The first kappa shape index (κ1) is 15.8. The van der Waals surface area contributed by atoms with E-state index < -0.39 is 11.7 Å². The van der Waals surface area contributed by atoms with Crippen LogP contribution < -0.4 is 4.90 Å². The normalized spacial score (nSPS) is 20.2. The average molecular weight is 324 g/mol. The van der Waals surface area contributed by atoms with Gasteiger partial charge in [-0.3, -0.25) is 0 Å². The van der Waals surface area contributed by atoms with Crippen LogP contribution in [0, 0.1) is 0 Å². The first-order valence-electron chi connectivity index (χ1n) is 6.58. The predicted molar refractivity (Wildman–Crippen MR) is 79.8 cm³/mol. The molecule has 1 aromatic carbocycles. The molecule has 0 radical (unpaired) electrons. The Balaban J connectivity index is 2.35. The van der Waals surface area contributed by atoms with Crippen LogP contribution in [0.2, 0.25) is 0 Å². The average Bonchev–Trinajstić information content (AvgIpc) is 2.45. The summed E-state index contributed by atoms with van der Waals surface area (Å²) in [6.07, 6.45) is -3.37. The van der Waals surface area contributed by atoms with Crippen molar-refractivity contribution in [1.29, 1.82) is 0 Å². The van der Waals surface area contributed by atoms with E-state index in [9.17, 15) is 13.2 Å². The quantitative estimate of drug-likeness (QED) is 0.737. The number of rotatable bonds is 3. The maximum absolute atomic E-state index is 13.2. The van der Waals surface area contributed by atoms with Crippen LogP contribution in [0.1, 0.15) is 24.5 Å². The molecule has 1 aromatic rings. The fraction of sp³-hybridized carbons (Fsp3) is 0.571. The molecule has 0 aliphatic carbocycles. The van der Waals surface area contributed by atoms with Gasteiger partial charge in [-0.25, -0.2) is 0 Å². The molecular weight excluding hydrogens is 307 g/mol. The number of anilines is 1. The lowest BCUT2D eigenvalue weighted by atomic mass is 10.1. The van der Waals surface area contributed by atoms with E-state index in [1.165, 1.54) is 6.07 Å². The maximum atomic E-state index is 13.2. The molecule has 6 heteroatoms. The number of alkyl halides is 4. The van der Waals surface area contributed by atoms with Crippen LogP contribution in [0.15, 0.2) is 18.2 Å². The van der Waals surface area contributed by atoms with Crippen molar-refractivity contribution < 1.29 is 13.2 Å². The van der Waals surface area contributed by atoms with E-state index >= 15 is 0 Å². The summed E-state index contributed by atoms with van der Waals surface area (Å²) >= 11 is 7.49. The zero-order valence-electron chi connectivity index (χ0n) is 11.2. The van der Waals surface area contributed by atoms with Crippen LogP contribution in [-0.2, 0) is 12.1 Å². The van der Waals surface area contributed by atoms with Gasteiger partial charge in [0.05, 0.1) is 5.56 Å². The first-order chi connectivity index (χ1) is 9.45. The highest BCUT2D eigenvalue weighted by atomic mass is 35.5. The molecule has 1 aliphatic heterocycles. The van der Waals surface area contributed by atoms with Crippen LogP contribution >= 0.6 is 23.4 Å². The Morgan fingerprint density at radius 3 is 2.75 bits per heavy atom. The van der Waals surface area contributed by atoms with Gasteiger partial charge in [-0.1, -0.05) is 13.0 Å². The van der Waals surface area contributed by atoms with Crippen molar-refractivity contribution in [3.63, 3.8) is 0 Å². The van der Waals surface area contributed by atoms with E-state index in [4.69, 9.17) is 11.6 Å². The zero-order valence-corrected chi connectivity index (χ0v) is 12.8. The van der Waals surface area contributed by atoms with E-state index in [1.807, 2.05) is 16.7 Å². The second kappa shape index (κ2) is 6.48. The summed E-state index contributed by atoms with van der Waals surface area (Å²) in [5.41, 5.74) is 0.212. The highest BCUT2D eigenvalue weighted by Gasteiger charge is 2.36. The molecule has 1 nitrogen and oxygen atoms in total. The Labute approximate surface area is 126 Å². The number of hydrogen-bond acceptors (Lipinski definition) is 2. The summed E-state index contributed by atoms with van der Waals surface area (Å²) in [4.78, 5) is 1.85. The molecule has 0 N–H and O–H groups in total. The maximum Gasteiger partial charge on any atom is 0.418 e. The fourth-order valence-electron chi connectivity index (χ4n) is 2.35. The van der Waals surface area contributed by atoms with Crippen molar-refractivity contribution in [1.82, 2.24) is 0 Å². The molecule has 0 spiro atoms. The monoisotopic (exact) mass is 323 g/mol. The lowest BCUT2D eigenvalue weighted by Gasteiger charge is -2.35. The Morgan fingerprint density at radius 1 is 1.40 bits per heavy atom. The molecule has 0 amide bonds. The van der Waals surface area contributed by atoms with E-state index in [1.54, 1.807) is 12.1 Å². The van der Waals surface area contributed by atoms with Gasteiger partial charge in [0.25, 0.3) is 0 Å². The van der Waals surface area contributed by atoms with Crippen LogP contribution in [0.5, 0.6) is 0 Å². The van der Waals surface area contributed by atoms with Gasteiger partial charge in [-0.15, -0.1) is 11.6 Å². The van der Waals surface area contributed by atoms with Crippen molar-refractivity contribution in [2.75, 3.05) is 23.7 Å². The number of nitrogens with zero attached hydrogens (tertiary/aromatic N) is 1. The Bertz CT molecular complexity index is 464. The minimum absolute atomic E-state index is 0.0940. The van der Waals surface area contributed by atoms with E-state index in [-0.39, 0.29) is 11.6 Å². The third kappa shape index (κ3) is 3.55. The number of thioether (sulfide) groups is 1. The smallest absolute Gasteiger partial charge is 0.369 e. The molecule has 1 heterocycles. The van der Waals surface area contributed by atoms with Gasteiger partial charge < -0.3 is 4.90 Å². The highest BCUT2D eigenvalue weighted by Crippen LogP contribution is 2.39. The summed E-state index contributed by atoms with van der Waals surface area (Å²) in [5, 5.41) is 0.400. The Morgan fingerprint density at radius 2 is 2.15 bits per heavy atom. The molecule has 1 unspecified atom stereocenters. The molecule has 1 fully saturated rings. The predicted octanol–water partition coefficient (Wildman–Crippen LogP) is 4.78. The number of hydrogen-bond donors (Lipinski definition) is 0. The van der Waals surface area contributed by atoms with Gasteiger partial charge in [-0.05, 0) is 24.1 Å².